The Kier molecular flexibility index (Phi) is 7.50. The van der Waals surface area contributed by atoms with Crippen LogP contribution in [0.25, 0.3) is 5.57 Å². The van der Waals surface area contributed by atoms with E-state index in [0.717, 1.165) is 11.3 Å². The molecule has 0 atom stereocenters. The van der Waals surface area contributed by atoms with Crippen LogP contribution in [-0.2, 0) is 19.1 Å². The van der Waals surface area contributed by atoms with Crippen molar-refractivity contribution >= 4 is 17.4 Å². The van der Waals surface area contributed by atoms with Gasteiger partial charge in [0.05, 0.1) is 31.0 Å². The van der Waals surface area contributed by atoms with Crippen molar-refractivity contribution in [2.45, 2.75) is 46.3 Å². The maximum atomic E-state index is 13.3. The molecule has 0 aliphatic carbocycles. The van der Waals surface area contributed by atoms with Gasteiger partial charge in [0.25, 0.3) is 11.8 Å². The highest BCUT2D eigenvalue weighted by atomic mass is 16.5. The maximum Gasteiger partial charge on any atom is 0.277 e. The molecule has 0 bridgehead atoms. The fourth-order valence-corrected chi connectivity index (χ4v) is 3.62. The average molecular weight is 417 g/mol. The van der Waals surface area contributed by atoms with Crippen LogP contribution in [-0.4, -0.2) is 73.3 Å². The van der Waals surface area contributed by atoms with Gasteiger partial charge in [-0.2, -0.15) is 0 Å². The minimum atomic E-state index is -0.247. The number of carbonyl (C=O) groups excluding carboxylic acids is 2. The molecule has 0 spiro atoms. The van der Waals surface area contributed by atoms with Crippen LogP contribution in [0.3, 0.4) is 0 Å². The summed E-state index contributed by atoms with van der Waals surface area (Å²) in [5.41, 5.74) is 1.67. The Hall–Kier alpha value is -2.38. The van der Waals surface area contributed by atoms with Gasteiger partial charge in [-0.1, -0.05) is 12.1 Å². The van der Waals surface area contributed by atoms with Crippen LogP contribution >= 0.6 is 0 Å². The van der Waals surface area contributed by atoms with Gasteiger partial charge < -0.3 is 19.1 Å². The number of carbonyl (C=O) groups is 2. The van der Waals surface area contributed by atoms with Gasteiger partial charge in [0.1, 0.15) is 11.4 Å². The minimum absolute atomic E-state index is 0.0669. The highest BCUT2D eigenvalue weighted by Gasteiger charge is 2.41. The topological polar surface area (TPSA) is 68.3 Å². The lowest BCUT2D eigenvalue weighted by Gasteiger charge is -2.29. The van der Waals surface area contributed by atoms with E-state index in [1.54, 1.807) is 0 Å². The molecule has 2 heterocycles. The van der Waals surface area contributed by atoms with Gasteiger partial charge in [0, 0.05) is 26.2 Å². The van der Waals surface area contributed by atoms with Gasteiger partial charge in [-0.25, -0.2) is 0 Å². The Bertz CT molecular complexity index is 779. The zero-order chi connectivity index (χ0) is 21.7. The molecule has 2 aliphatic rings. The highest BCUT2D eigenvalue weighted by Crippen LogP contribution is 2.33. The highest BCUT2D eigenvalue weighted by molar-refractivity contribution is 6.35. The van der Waals surface area contributed by atoms with Gasteiger partial charge >= 0.3 is 0 Å². The molecule has 0 unspecified atom stereocenters. The summed E-state index contributed by atoms with van der Waals surface area (Å²) in [5, 5.41) is 0. The second-order valence-corrected chi connectivity index (χ2v) is 8.05. The summed E-state index contributed by atoms with van der Waals surface area (Å²) in [6.07, 6.45) is 0.803. The molecule has 1 saturated heterocycles. The zero-order valence-corrected chi connectivity index (χ0v) is 18.3. The SMILES string of the molecule is CC(C)OCCCN1C(=O)C(c2ccc(OC(C)C)cc2)=C(N2CCOCC2)C1=O. The summed E-state index contributed by atoms with van der Waals surface area (Å²) < 4.78 is 16.7. The van der Waals surface area contributed by atoms with Gasteiger partial charge in [-0.3, -0.25) is 14.5 Å². The Morgan fingerprint density at radius 2 is 1.63 bits per heavy atom. The first kappa shape index (κ1) is 22.3. The monoisotopic (exact) mass is 416 g/mol. The number of nitrogens with zero attached hydrogens (tertiary/aromatic N) is 2. The van der Waals surface area contributed by atoms with E-state index in [-0.39, 0.29) is 24.0 Å². The minimum Gasteiger partial charge on any atom is -0.491 e. The van der Waals surface area contributed by atoms with E-state index in [1.165, 1.54) is 4.90 Å². The van der Waals surface area contributed by atoms with Crippen LogP contribution in [0.1, 0.15) is 39.7 Å². The number of hydrogen-bond acceptors (Lipinski definition) is 6. The van der Waals surface area contributed by atoms with Crippen molar-refractivity contribution < 1.29 is 23.8 Å². The Balaban J connectivity index is 1.85. The normalized spacial score (nSPS) is 17.7. The predicted octanol–water partition coefficient (Wildman–Crippen LogP) is 2.70. The molecule has 1 fully saturated rings. The van der Waals surface area contributed by atoms with Gasteiger partial charge in [0.2, 0.25) is 0 Å². The van der Waals surface area contributed by atoms with Crippen LogP contribution in [0.15, 0.2) is 30.0 Å². The molecule has 30 heavy (non-hydrogen) atoms. The third-order valence-electron chi connectivity index (χ3n) is 4.96. The number of rotatable bonds is 9. The smallest absolute Gasteiger partial charge is 0.277 e. The molecule has 0 aromatic heterocycles. The van der Waals surface area contributed by atoms with Crippen molar-refractivity contribution in [2.24, 2.45) is 0 Å². The molecule has 1 aromatic rings. The number of amides is 2. The third kappa shape index (κ3) is 5.21. The number of ether oxygens (including phenoxy) is 3. The Labute approximate surface area is 178 Å². The van der Waals surface area contributed by atoms with E-state index in [1.807, 2.05) is 56.9 Å². The molecule has 164 valence electrons. The molecular formula is C23H32N2O5. The Morgan fingerprint density at radius 3 is 2.23 bits per heavy atom. The van der Waals surface area contributed by atoms with Crippen molar-refractivity contribution in [1.29, 1.82) is 0 Å². The zero-order valence-electron chi connectivity index (χ0n) is 18.3. The molecule has 7 nitrogen and oxygen atoms in total. The quantitative estimate of drug-likeness (QED) is 0.455. The number of imide groups is 1. The van der Waals surface area contributed by atoms with Gasteiger partial charge in [0.15, 0.2) is 0 Å². The molecule has 3 rings (SSSR count). The molecule has 1 aromatic carbocycles. The van der Waals surface area contributed by atoms with Crippen molar-refractivity contribution in [3.8, 4) is 5.75 Å². The van der Waals surface area contributed by atoms with E-state index in [2.05, 4.69) is 0 Å². The number of hydrogen-bond donors (Lipinski definition) is 0. The molecule has 0 radical (unpaired) electrons. The van der Waals surface area contributed by atoms with E-state index in [4.69, 9.17) is 14.2 Å². The second kappa shape index (κ2) is 10.1. The van der Waals surface area contributed by atoms with Gasteiger partial charge in [-0.05, 0) is 51.8 Å². The molecule has 2 aliphatic heterocycles. The average Bonchev–Trinajstić information content (AvgIpc) is 2.96. The summed E-state index contributed by atoms with van der Waals surface area (Å²) in [7, 11) is 0. The fraction of sp³-hybridized carbons (Fsp3) is 0.565. The van der Waals surface area contributed by atoms with Crippen LogP contribution in [0, 0.1) is 0 Å². The lowest BCUT2D eigenvalue weighted by molar-refractivity contribution is -0.138. The van der Waals surface area contributed by atoms with Crippen LogP contribution in [0.5, 0.6) is 5.75 Å². The first-order valence-corrected chi connectivity index (χ1v) is 10.7. The van der Waals surface area contributed by atoms with Crippen LogP contribution in [0.4, 0.5) is 0 Å². The first-order chi connectivity index (χ1) is 14.4. The lowest BCUT2D eigenvalue weighted by atomic mass is 10.0. The maximum absolute atomic E-state index is 13.3. The summed E-state index contributed by atoms with van der Waals surface area (Å²) in [6, 6.07) is 7.39. The number of benzene rings is 1. The molecule has 0 saturated carbocycles. The standard InChI is InChI=1S/C23H32N2O5/c1-16(2)29-13-5-10-25-22(26)20(18-6-8-19(9-7-18)30-17(3)4)21(23(25)27)24-11-14-28-15-12-24/h6-9,16-17H,5,10-15H2,1-4H3. The predicted molar refractivity (Wildman–Crippen MR) is 114 cm³/mol. The van der Waals surface area contributed by atoms with Crippen molar-refractivity contribution in [3.05, 3.63) is 35.5 Å². The molecule has 7 heteroatoms. The van der Waals surface area contributed by atoms with E-state index < -0.39 is 0 Å². The molecule has 0 N–H and O–H groups in total. The first-order valence-electron chi connectivity index (χ1n) is 10.7. The van der Waals surface area contributed by atoms with Gasteiger partial charge in [-0.15, -0.1) is 0 Å². The fourth-order valence-electron chi connectivity index (χ4n) is 3.62. The second-order valence-electron chi connectivity index (χ2n) is 8.05. The molecule has 2 amide bonds. The Morgan fingerprint density at radius 1 is 0.967 bits per heavy atom. The van der Waals surface area contributed by atoms with Crippen molar-refractivity contribution in [2.75, 3.05) is 39.5 Å². The third-order valence-corrected chi connectivity index (χ3v) is 4.96. The van der Waals surface area contributed by atoms with Crippen molar-refractivity contribution in [1.82, 2.24) is 9.80 Å². The van der Waals surface area contributed by atoms with Crippen molar-refractivity contribution in [3.63, 3.8) is 0 Å². The largest absolute Gasteiger partial charge is 0.491 e. The van der Waals surface area contributed by atoms with E-state index in [0.29, 0.717) is 57.1 Å². The lowest BCUT2D eigenvalue weighted by Crippen LogP contribution is -2.40. The van der Waals surface area contributed by atoms with E-state index in [9.17, 15) is 9.59 Å². The summed E-state index contributed by atoms with van der Waals surface area (Å²) in [6.45, 7) is 11.0. The van der Waals surface area contributed by atoms with Crippen LogP contribution < -0.4 is 4.74 Å². The van der Waals surface area contributed by atoms with Crippen LogP contribution in [0.2, 0.25) is 0 Å². The summed E-state index contributed by atoms with van der Waals surface area (Å²) >= 11 is 0. The molecular weight excluding hydrogens is 384 g/mol. The van der Waals surface area contributed by atoms with E-state index >= 15 is 0 Å². The summed E-state index contributed by atoms with van der Waals surface area (Å²) in [5.74, 6) is 0.259. The summed E-state index contributed by atoms with van der Waals surface area (Å²) in [4.78, 5) is 29.8. The number of morpholine rings is 1.